The van der Waals surface area contributed by atoms with Crippen molar-refractivity contribution in [3.8, 4) is 0 Å². The minimum atomic E-state index is -1.17. The number of hydrogen-bond acceptors (Lipinski definition) is 1. The van der Waals surface area contributed by atoms with Crippen molar-refractivity contribution in [3.63, 3.8) is 0 Å². The Morgan fingerprint density at radius 2 is 1.76 bits per heavy atom. The van der Waals surface area contributed by atoms with Crippen molar-refractivity contribution >= 4 is 20.6 Å². The quantitative estimate of drug-likeness (QED) is 0.703. The van der Waals surface area contributed by atoms with Gasteiger partial charge < -0.3 is 4.43 Å². The fraction of sp³-hybridized carbons (Fsp3) is 0.571. The van der Waals surface area contributed by atoms with Crippen molar-refractivity contribution < 1.29 is 4.43 Å². The summed E-state index contributed by atoms with van der Waals surface area (Å²) in [5, 5.41) is 1.09. The average Bonchev–Trinajstić information content (AvgIpc) is 2.24. The monoisotopic (exact) mass is 270 g/mol. The first-order valence-corrected chi connectivity index (χ1v) is 8.50. The maximum atomic E-state index is 6.29. The van der Waals surface area contributed by atoms with Crippen molar-refractivity contribution in [1.29, 1.82) is 0 Å². The molecule has 1 nitrogen and oxygen atoms in total. The third-order valence-corrected chi connectivity index (χ3v) is 6.71. The molecule has 0 saturated carbocycles. The Hall–Kier alpha value is -0.313. The van der Waals surface area contributed by atoms with Gasteiger partial charge in [0.15, 0.2) is 9.04 Å². The Morgan fingerprint density at radius 3 is 2.18 bits per heavy atom. The Kier molecular flexibility index (Phi) is 5.23. The van der Waals surface area contributed by atoms with Gasteiger partial charge in [-0.1, -0.05) is 51.4 Å². The molecule has 0 aromatic heterocycles. The van der Waals surface area contributed by atoms with Crippen molar-refractivity contribution in [2.75, 3.05) is 0 Å². The van der Waals surface area contributed by atoms with Crippen LogP contribution in [-0.2, 0) is 4.43 Å². The molecule has 0 aliphatic heterocycles. The van der Waals surface area contributed by atoms with E-state index in [2.05, 4.69) is 46.8 Å². The Bertz CT molecular complexity index is 342. The average molecular weight is 271 g/mol. The molecular weight excluding hydrogens is 248 g/mol. The van der Waals surface area contributed by atoms with Crippen LogP contribution < -0.4 is 0 Å². The SMILES string of the molecule is CC[SiH](OC(C)c1ccc(Cl)cc1)C(C)(C)C. The smallest absolute Gasteiger partial charge is 0.182 e. The summed E-state index contributed by atoms with van der Waals surface area (Å²) in [6.07, 6.45) is 0.170. The zero-order valence-corrected chi connectivity index (χ0v) is 13.4. The number of rotatable bonds is 4. The van der Waals surface area contributed by atoms with Crippen LogP contribution in [0.5, 0.6) is 0 Å². The van der Waals surface area contributed by atoms with Crippen LogP contribution in [0.15, 0.2) is 24.3 Å². The van der Waals surface area contributed by atoms with E-state index >= 15 is 0 Å². The molecule has 2 unspecified atom stereocenters. The van der Waals surface area contributed by atoms with Gasteiger partial charge in [0.05, 0.1) is 6.10 Å². The summed E-state index contributed by atoms with van der Waals surface area (Å²) in [6.45, 7) is 11.2. The van der Waals surface area contributed by atoms with Gasteiger partial charge in [-0.15, -0.1) is 0 Å². The highest BCUT2D eigenvalue weighted by Crippen LogP contribution is 2.33. The molecule has 0 heterocycles. The summed E-state index contributed by atoms with van der Waals surface area (Å²) in [5.74, 6) is 0. The van der Waals surface area contributed by atoms with Crippen molar-refractivity contribution in [2.45, 2.75) is 51.8 Å². The molecule has 0 amide bonds. The van der Waals surface area contributed by atoms with Crippen LogP contribution in [0.3, 0.4) is 0 Å². The van der Waals surface area contributed by atoms with Gasteiger partial charge in [-0.3, -0.25) is 0 Å². The lowest BCUT2D eigenvalue weighted by atomic mass is 10.1. The fourth-order valence-electron chi connectivity index (χ4n) is 1.97. The summed E-state index contributed by atoms with van der Waals surface area (Å²) in [4.78, 5) is 0. The highest BCUT2D eigenvalue weighted by molar-refractivity contribution is 6.55. The van der Waals surface area contributed by atoms with E-state index in [9.17, 15) is 0 Å². The van der Waals surface area contributed by atoms with Crippen LogP contribution in [-0.4, -0.2) is 9.04 Å². The van der Waals surface area contributed by atoms with E-state index in [-0.39, 0.29) is 6.10 Å². The lowest BCUT2D eigenvalue weighted by molar-refractivity contribution is 0.214. The first-order chi connectivity index (χ1) is 7.84. The molecule has 2 atom stereocenters. The van der Waals surface area contributed by atoms with Crippen molar-refractivity contribution in [1.82, 2.24) is 0 Å². The molecule has 96 valence electrons. The topological polar surface area (TPSA) is 9.23 Å². The van der Waals surface area contributed by atoms with Crippen LogP contribution in [0.4, 0.5) is 0 Å². The van der Waals surface area contributed by atoms with Gasteiger partial charge in [-0.05, 0) is 35.7 Å². The zero-order chi connectivity index (χ0) is 13.1. The van der Waals surface area contributed by atoms with Gasteiger partial charge in [0.2, 0.25) is 0 Å². The highest BCUT2D eigenvalue weighted by Gasteiger charge is 2.28. The van der Waals surface area contributed by atoms with E-state index in [0.29, 0.717) is 5.04 Å². The molecule has 0 fully saturated rings. The Balaban J connectivity index is 2.71. The predicted molar refractivity (Wildman–Crippen MR) is 78.3 cm³/mol. The molecule has 1 rings (SSSR count). The summed E-state index contributed by atoms with van der Waals surface area (Å²) >= 11 is 5.89. The molecule has 0 saturated heterocycles. The molecular formula is C14H23ClOSi. The maximum Gasteiger partial charge on any atom is 0.182 e. The first kappa shape index (κ1) is 14.7. The fourth-order valence-corrected chi connectivity index (χ4v) is 4.57. The minimum Gasteiger partial charge on any atom is -0.413 e. The standard InChI is InChI=1S/C14H23ClOSi/c1-6-17(14(3,4)5)16-11(2)12-7-9-13(15)10-8-12/h7-11,17H,6H2,1-5H3. The maximum absolute atomic E-state index is 6.29. The molecule has 0 aliphatic rings. The molecule has 3 heteroatoms. The van der Waals surface area contributed by atoms with Gasteiger partial charge >= 0.3 is 0 Å². The molecule has 1 aromatic carbocycles. The summed E-state index contributed by atoms with van der Waals surface area (Å²) in [7, 11) is -1.17. The number of halogens is 1. The van der Waals surface area contributed by atoms with Gasteiger partial charge in [-0.25, -0.2) is 0 Å². The lowest BCUT2D eigenvalue weighted by Crippen LogP contribution is -2.29. The minimum absolute atomic E-state index is 0.170. The Labute approximate surface area is 112 Å². The van der Waals surface area contributed by atoms with Crippen LogP contribution >= 0.6 is 11.6 Å². The van der Waals surface area contributed by atoms with Crippen LogP contribution in [0.1, 0.15) is 46.3 Å². The summed E-state index contributed by atoms with van der Waals surface area (Å²) in [6, 6.07) is 9.13. The van der Waals surface area contributed by atoms with Gasteiger partial charge in [0, 0.05) is 5.02 Å². The largest absolute Gasteiger partial charge is 0.413 e. The van der Waals surface area contributed by atoms with E-state index in [1.807, 2.05) is 12.1 Å². The summed E-state index contributed by atoms with van der Waals surface area (Å²) in [5.41, 5.74) is 1.21. The molecule has 17 heavy (non-hydrogen) atoms. The zero-order valence-electron chi connectivity index (χ0n) is 11.5. The van der Waals surface area contributed by atoms with E-state index in [1.165, 1.54) is 11.6 Å². The van der Waals surface area contributed by atoms with E-state index < -0.39 is 9.04 Å². The van der Waals surface area contributed by atoms with E-state index in [1.54, 1.807) is 0 Å². The van der Waals surface area contributed by atoms with Crippen molar-refractivity contribution in [3.05, 3.63) is 34.9 Å². The van der Waals surface area contributed by atoms with Gasteiger partial charge in [0.1, 0.15) is 0 Å². The summed E-state index contributed by atoms with van der Waals surface area (Å²) < 4.78 is 6.29. The van der Waals surface area contributed by atoms with Crippen LogP contribution in [0, 0.1) is 0 Å². The normalized spacial score (nSPS) is 15.6. The van der Waals surface area contributed by atoms with Gasteiger partial charge in [0.25, 0.3) is 0 Å². The van der Waals surface area contributed by atoms with Gasteiger partial charge in [-0.2, -0.15) is 0 Å². The number of hydrogen-bond donors (Lipinski definition) is 0. The third kappa shape index (κ3) is 4.45. The second-order valence-corrected chi connectivity index (χ2v) is 9.83. The highest BCUT2D eigenvalue weighted by atomic mass is 35.5. The van der Waals surface area contributed by atoms with E-state index in [0.717, 1.165) is 5.02 Å². The third-order valence-electron chi connectivity index (χ3n) is 3.04. The molecule has 0 radical (unpaired) electrons. The van der Waals surface area contributed by atoms with E-state index in [4.69, 9.17) is 16.0 Å². The first-order valence-electron chi connectivity index (χ1n) is 6.25. The van der Waals surface area contributed by atoms with Crippen molar-refractivity contribution in [2.24, 2.45) is 0 Å². The molecule has 0 N–H and O–H groups in total. The Morgan fingerprint density at radius 1 is 1.24 bits per heavy atom. The molecule has 0 spiro atoms. The molecule has 0 aliphatic carbocycles. The lowest BCUT2D eigenvalue weighted by Gasteiger charge is -2.31. The number of benzene rings is 1. The second-order valence-electron chi connectivity index (χ2n) is 5.59. The molecule has 0 bridgehead atoms. The molecule has 1 aromatic rings. The second kappa shape index (κ2) is 6.03. The van der Waals surface area contributed by atoms with Crippen LogP contribution in [0.25, 0.3) is 0 Å². The predicted octanol–water partition coefficient (Wildman–Crippen LogP) is 4.96. The van der Waals surface area contributed by atoms with Crippen LogP contribution in [0.2, 0.25) is 16.1 Å².